The van der Waals surface area contributed by atoms with Gasteiger partial charge in [0, 0.05) is 13.2 Å². The summed E-state index contributed by atoms with van der Waals surface area (Å²) in [5.41, 5.74) is 0.337. The summed E-state index contributed by atoms with van der Waals surface area (Å²) in [7, 11) is 1.54. The van der Waals surface area contributed by atoms with Crippen LogP contribution in [0.3, 0.4) is 0 Å². The van der Waals surface area contributed by atoms with Gasteiger partial charge < -0.3 is 10.1 Å². The lowest BCUT2D eigenvalue weighted by Crippen LogP contribution is -2.22. The second kappa shape index (κ2) is 6.03. The zero-order chi connectivity index (χ0) is 12.8. The zero-order valence-electron chi connectivity index (χ0n) is 10.3. The molecule has 0 aliphatic rings. The van der Waals surface area contributed by atoms with E-state index in [2.05, 4.69) is 10.4 Å². The molecule has 0 radical (unpaired) electrons. The van der Waals surface area contributed by atoms with Gasteiger partial charge in [-0.05, 0) is 13.0 Å². The Morgan fingerprint density at radius 3 is 2.88 bits per heavy atom. The zero-order valence-corrected chi connectivity index (χ0v) is 10.3. The summed E-state index contributed by atoms with van der Waals surface area (Å²) in [6.45, 7) is 4.29. The predicted octanol–water partition coefficient (Wildman–Crippen LogP) is 0.442. The Morgan fingerprint density at radius 1 is 1.59 bits per heavy atom. The second-order valence-electron chi connectivity index (χ2n) is 3.66. The largest absolute Gasteiger partial charge is 0.466 e. The third kappa shape index (κ3) is 3.58. The molecule has 6 nitrogen and oxygen atoms in total. The Hall–Kier alpha value is -1.85. The molecule has 94 valence electrons. The molecule has 0 aliphatic heterocycles. The average molecular weight is 239 g/mol. The quantitative estimate of drug-likeness (QED) is 0.757. The van der Waals surface area contributed by atoms with Gasteiger partial charge in [0.25, 0.3) is 5.91 Å². The maximum Gasteiger partial charge on any atom is 0.310 e. The molecule has 0 saturated heterocycles. The van der Waals surface area contributed by atoms with Crippen LogP contribution in [0.2, 0.25) is 0 Å². The molecule has 1 rings (SSSR count). The van der Waals surface area contributed by atoms with E-state index < -0.39 is 0 Å². The molecule has 0 aliphatic carbocycles. The first-order chi connectivity index (χ1) is 8.08. The summed E-state index contributed by atoms with van der Waals surface area (Å²) in [5, 5.41) is 6.54. The molecule has 1 aromatic rings. The molecule has 0 spiro atoms. The monoisotopic (exact) mass is 239 g/mol. The van der Waals surface area contributed by atoms with Crippen molar-refractivity contribution >= 4 is 11.9 Å². The molecular formula is C11H17N3O3. The summed E-state index contributed by atoms with van der Waals surface area (Å²) in [6.07, 6.45) is 1.67. The Bertz CT molecular complexity index is 400. The summed E-state index contributed by atoms with van der Waals surface area (Å²) in [5.74, 6) is -0.788. The third-order valence-electron chi connectivity index (χ3n) is 2.25. The highest BCUT2D eigenvalue weighted by molar-refractivity contribution is 5.91. The Morgan fingerprint density at radius 2 is 2.29 bits per heavy atom. The smallest absolute Gasteiger partial charge is 0.310 e. The van der Waals surface area contributed by atoms with Gasteiger partial charge in [-0.3, -0.25) is 14.3 Å². The van der Waals surface area contributed by atoms with Crippen LogP contribution in [0.15, 0.2) is 12.3 Å². The highest BCUT2D eigenvalue weighted by atomic mass is 16.5. The van der Waals surface area contributed by atoms with Gasteiger partial charge >= 0.3 is 5.97 Å². The first kappa shape index (κ1) is 13.2. The Balaban J connectivity index is 2.60. The summed E-state index contributed by atoms with van der Waals surface area (Å²) < 4.78 is 6.45. The highest BCUT2D eigenvalue weighted by Crippen LogP contribution is 2.04. The van der Waals surface area contributed by atoms with Crippen LogP contribution in [-0.2, 0) is 16.1 Å². The molecule has 1 aromatic heterocycles. The van der Waals surface area contributed by atoms with Crippen molar-refractivity contribution in [2.75, 3.05) is 13.7 Å². The van der Waals surface area contributed by atoms with Crippen molar-refractivity contribution in [1.29, 1.82) is 0 Å². The molecular weight excluding hydrogens is 222 g/mol. The molecule has 17 heavy (non-hydrogen) atoms. The van der Waals surface area contributed by atoms with Gasteiger partial charge in [-0.25, -0.2) is 0 Å². The van der Waals surface area contributed by atoms with E-state index in [4.69, 9.17) is 4.74 Å². The minimum Gasteiger partial charge on any atom is -0.466 e. The molecule has 0 aromatic carbocycles. The number of aromatic nitrogens is 2. The van der Waals surface area contributed by atoms with E-state index in [0.29, 0.717) is 18.8 Å². The van der Waals surface area contributed by atoms with Crippen LogP contribution in [0.4, 0.5) is 0 Å². The van der Waals surface area contributed by atoms with E-state index in [9.17, 15) is 9.59 Å². The number of hydrogen-bond acceptors (Lipinski definition) is 4. The number of ether oxygens (including phenoxy) is 1. The van der Waals surface area contributed by atoms with E-state index in [0.717, 1.165) is 0 Å². The normalized spacial score (nSPS) is 11.9. The molecule has 1 atom stereocenters. The second-order valence-corrected chi connectivity index (χ2v) is 3.66. The van der Waals surface area contributed by atoms with Gasteiger partial charge in [0.05, 0.1) is 19.1 Å². The van der Waals surface area contributed by atoms with E-state index in [1.165, 1.54) is 0 Å². The maximum atomic E-state index is 11.4. The molecule has 6 heteroatoms. The van der Waals surface area contributed by atoms with Crippen LogP contribution < -0.4 is 5.32 Å². The fourth-order valence-corrected chi connectivity index (χ4v) is 1.35. The van der Waals surface area contributed by atoms with Gasteiger partial charge in [-0.1, -0.05) is 6.92 Å². The molecule has 1 amide bonds. The molecule has 1 unspecified atom stereocenters. The molecule has 1 heterocycles. The van der Waals surface area contributed by atoms with Crippen molar-refractivity contribution < 1.29 is 14.3 Å². The fraction of sp³-hybridized carbons (Fsp3) is 0.545. The van der Waals surface area contributed by atoms with Crippen LogP contribution in [0, 0.1) is 5.92 Å². The van der Waals surface area contributed by atoms with Crippen molar-refractivity contribution in [3.63, 3.8) is 0 Å². The average Bonchev–Trinajstić information content (AvgIpc) is 2.76. The number of amides is 1. The van der Waals surface area contributed by atoms with E-state index >= 15 is 0 Å². The van der Waals surface area contributed by atoms with Gasteiger partial charge in [0.15, 0.2) is 0 Å². The number of nitrogens with one attached hydrogen (secondary N) is 1. The third-order valence-corrected chi connectivity index (χ3v) is 2.25. The van der Waals surface area contributed by atoms with Crippen molar-refractivity contribution in [2.24, 2.45) is 5.92 Å². The lowest BCUT2D eigenvalue weighted by Gasteiger charge is -2.10. The lowest BCUT2D eigenvalue weighted by molar-refractivity contribution is -0.147. The Kier molecular flexibility index (Phi) is 4.68. The number of hydrogen-bond donors (Lipinski definition) is 1. The van der Waals surface area contributed by atoms with Crippen molar-refractivity contribution in [1.82, 2.24) is 15.1 Å². The summed E-state index contributed by atoms with van der Waals surface area (Å²) in [6, 6.07) is 1.61. The SMILES string of the molecule is CCOC(=O)C(C)Cn1ccc(C(=O)NC)n1. The van der Waals surface area contributed by atoms with Crippen molar-refractivity contribution in [3.05, 3.63) is 18.0 Å². The van der Waals surface area contributed by atoms with Gasteiger partial charge in [0.2, 0.25) is 0 Å². The number of esters is 1. The van der Waals surface area contributed by atoms with Crippen molar-refractivity contribution in [2.45, 2.75) is 20.4 Å². The molecule has 0 saturated carbocycles. The summed E-state index contributed by atoms with van der Waals surface area (Å²) >= 11 is 0. The fourth-order valence-electron chi connectivity index (χ4n) is 1.35. The number of carbonyl (C=O) groups is 2. The van der Waals surface area contributed by atoms with E-state index in [-0.39, 0.29) is 17.8 Å². The number of carbonyl (C=O) groups excluding carboxylic acids is 2. The van der Waals surface area contributed by atoms with Gasteiger partial charge in [0.1, 0.15) is 5.69 Å². The van der Waals surface area contributed by atoms with Gasteiger partial charge in [-0.2, -0.15) is 5.10 Å². The van der Waals surface area contributed by atoms with Crippen molar-refractivity contribution in [3.8, 4) is 0 Å². The van der Waals surface area contributed by atoms with Crippen LogP contribution in [0.1, 0.15) is 24.3 Å². The molecule has 0 bridgehead atoms. The number of rotatable bonds is 5. The topological polar surface area (TPSA) is 73.2 Å². The minimum absolute atomic E-state index is 0.243. The summed E-state index contributed by atoms with van der Waals surface area (Å²) in [4.78, 5) is 22.7. The molecule has 1 N–H and O–H groups in total. The van der Waals surface area contributed by atoms with Crippen LogP contribution >= 0.6 is 0 Å². The van der Waals surface area contributed by atoms with Crippen LogP contribution in [0.25, 0.3) is 0 Å². The highest BCUT2D eigenvalue weighted by Gasteiger charge is 2.16. The maximum absolute atomic E-state index is 11.4. The predicted molar refractivity (Wildman–Crippen MR) is 61.4 cm³/mol. The standard InChI is InChI=1S/C11H17N3O3/c1-4-17-11(16)8(2)7-14-6-5-9(13-14)10(15)12-3/h5-6,8H,4,7H2,1-3H3,(H,12,15). The van der Waals surface area contributed by atoms with E-state index in [1.54, 1.807) is 37.8 Å². The first-order valence-corrected chi connectivity index (χ1v) is 5.50. The first-order valence-electron chi connectivity index (χ1n) is 5.50. The lowest BCUT2D eigenvalue weighted by atomic mass is 10.2. The molecule has 0 fully saturated rings. The van der Waals surface area contributed by atoms with Crippen LogP contribution in [0.5, 0.6) is 0 Å². The number of nitrogens with zero attached hydrogens (tertiary/aromatic N) is 2. The Labute approximate surface area is 99.9 Å². The van der Waals surface area contributed by atoms with E-state index in [1.807, 2.05) is 0 Å². The van der Waals surface area contributed by atoms with Gasteiger partial charge in [-0.15, -0.1) is 0 Å². The van der Waals surface area contributed by atoms with Crippen LogP contribution in [-0.4, -0.2) is 35.3 Å². The minimum atomic E-state index is -0.285.